The smallest absolute Gasteiger partial charge is 0.0223 e. The molecule has 3 nitrogen and oxygen atoms in total. The van der Waals surface area contributed by atoms with E-state index in [-0.39, 0.29) is 0 Å². The highest BCUT2D eigenvalue weighted by Crippen LogP contribution is 2.21. The van der Waals surface area contributed by atoms with E-state index in [0.717, 1.165) is 12.6 Å². The molecule has 16 heavy (non-hydrogen) atoms. The van der Waals surface area contributed by atoms with Crippen molar-refractivity contribution < 1.29 is 0 Å². The van der Waals surface area contributed by atoms with Gasteiger partial charge in [-0.15, -0.1) is 0 Å². The maximum absolute atomic E-state index is 5.86. The van der Waals surface area contributed by atoms with E-state index in [0.29, 0.717) is 11.8 Å². The Morgan fingerprint density at radius 1 is 1.38 bits per heavy atom. The third-order valence-corrected chi connectivity index (χ3v) is 3.79. The zero-order chi connectivity index (χ0) is 12.1. The Labute approximate surface area is 101 Å². The van der Waals surface area contributed by atoms with Crippen LogP contribution in [0.4, 0.5) is 0 Å². The molecule has 0 amide bonds. The first-order chi connectivity index (χ1) is 7.54. The van der Waals surface area contributed by atoms with Gasteiger partial charge in [-0.1, -0.05) is 13.8 Å². The minimum Gasteiger partial charge on any atom is -0.330 e. The second kappa shape index (κ2) is 6.58. The normalized spacial score (nSPS) is 24.6. The summed E-state index contributed by atoms with van der Waals surface area (Å²) in [5.74, 6) is 1.35. The summed E-state index contributed by atoms with van der Waals surface area (Å²) in [5.41, 5.74) is 5.86. The minimum absolute atomic E-state index is 0.655. The van der Waals surface area contributed by atoms with Crippen molar-refractivity contribution >= 4 is 0 Å². The van der Waals surface area contributed by atoms with Crippen LogP contribution in [-0.2, 0) is 0 Å². The maximum atomic E-state index is 5.86. The summed E-state index contributed by atoms with van der Waals surface area (Å²) in [6.45, 7) is 9.04. The number of likely N-dealkylation sites (tertiary alicyclic amines) is 1. The fraction of sp³-hybridized carbons (Fsp3) is 1.00. The molecule has 2 atom stereocenters. The number of hydrogen-bond acceptors (Lipinski definition) is 3. The fourth-order valence-electron chi connectivity index (χ4n) is 2.62. The molecule has 0 aromatic heterocycles. The van der Waals surface area contributed by atoms with Gasteiger partial charge in [-0.25, -0.2) is 0 Å². The molecule has 0 radical (unpaired) electrons. The van der Waals surface area contributed by atoms with Gasteiger partial charge in [0.15, 0.2) is 0 Å². The van der Waals surface area contributed by atoms with Crippen LogP contribution in [0.1, 0.15) is 26.7 Å². The lowest BCUT2D eigenvalue weighted by molar-refractivity contribution is 0.165. The Kier molecular flexibility index (Phi) is 5.73. The van der Waals surface area contributed by atoms with Gasteiger partial charge >= 0.3 is 0 Å². The van der Waals surface area contributed by atoms with Crippen LogP contribution in [0.25, 0.3) is 0 Å². The molecule has 1 rings (SSSR count). The average molecular weight is 227 g/mol. The first-order valence-corrected chi connectivity index (χ1v) is 6.63. The Morgan fingerprint density at radius 2 is 2.06 bits per heavy atom. The molecular formula is C13H29N3. The van der Waals surface area contributed by atoms with Crippen molar-refractivity contribution in [3.8, 4) is 0 Å². The van der Waals surface area contributed by atoms with Crippen LogP contribution >= 0.6 is 0 Å². The van der Waals surface area contributed by atoms with Crippen LogP contribution in [0.2, 0.25) is 0 Å². The van der Waals surface area contributed by atoms with Crippen molar-refractivity contribution in [1.82, 2.24) is 9.80 Å². The molecule has 0 spiro atoms. The molecule has 0 saturated carbocycles. The molecule has 0 aromatic rings. The second-order valence-corrected chi connectivity index (χ2v) is 5.79. The first kappa shape index (κ1) is 13.9. The van der Waals surface area contributed by atoms with Crippen LogP contribution in [0.15, 0.2) is 0 Å². The van der Waals surface area contributed by atoms with Gasteiger partial charge < -0.3 is 10.6 Å². The van der Waals surface area contributed by atoms with E-state index in [4.69, 9.17) is 5.73 Å². The van der Waals surface area contributed by atoms with E-state index in [2.05, 4.69) is 37.7 Å². The van der Waals surface area contributed by atoms with E-state index in [1.807, 2.05) is 0 Å². The van der Waals surface area contributed by atoms with E-state index >= 15 is 0 Å². The predicted octanol–water partition coefficient (Wildman–Crippen LogP) is 1.24. The lowest BCUT2D eigenvalue weighted by atomic mass is 9.95. The molecule has 1 saturated heterocycles. The number of likely N-dealkylation sites (N-methyl/N-ethyl adjacent to an activating group) is 1. The number of rotatable bonds is 6. The molecule has 96 valence electrons. The Morgan fingerprint density at radius 3 is 2.56 bits per heavy atom. The lowest BCUT2D eigenvalue weighted by Gasteiger charge is -2.31. The lowest BCUT2D eigenvalue weighted by Crippen LogP contribution is -2.42. The van der Waals surface area contributed by atoms with Gasteiger partial charge in [-0.3, -0.25) is 4.90 Å². The summed E-state index contributed by atoms with van der Waals surface area (Å²) in [4.78, 5) is 4.95. The second-order valence-electron chi connectivity index (χ2n) is 5.79. The van der Waals surface area contributed by atoms with Gasteiger partial charge in [0.05, 0.1) is 0 Å². The predicted molar refractivity (Wildman–Crippen MR) is 70.5 cm³/mol. The van der Waals surface area contributed by atoms with Crippen molar-refractivity contribution in [3.05, 3.63) is 0 Å². The topological polar surface area (TPSA) is 32.5 Å². The fourth-order valence-corrected chi connectivity index (χ4v) is 2.62. The summed E-state index contributed by atoms with van der Waals surface area (Å²) in [6.07, 6.45) is 2.71. The molecular weight excluding hydrogens is 198 g/mol. The molecule has 3 heteroatoms. The van der Waals surface area contributed by atoms with Crippen molar-refractivity contribution in [2.45, 2.75) is 32.7 Å². The third kappa shape index (κ3) is 4.04. The van der Waals surface area contributed by atoms with Crippen molar-refractivity contribution in [2.75, 3.05) is 40.3 Å². The highest BCUT2D eigenvalue weighted by atomic mass is 15.2. The maximum Gasteiger partial charge on any atom is 0.0223 e. The number of hydrogen-bond donors (Lipinski definition) is 1. The van der Waals surface area contributed by atoms with E-state index in [1.165, 1.54) is 32.5 Å². The molecule has 2 N–H and O–H groups in total. The van der Waals surface area contributed by atoms with Crippen LogP contribution < -0.4 is 5.73 Å². The summed E-state index contributed by atoms with van der Waals surface area (Å²) in [7, 11) is 4.33. The highest BCUT2D eigenvalue weighted by molar-refractivity contribution is 4.83. The molecule has 0 bridgehead atoms. The zero-order valence-electron chi connectivity index (χ0n) is 11.4. The van der Waals surface area contributed by atoms with Gasteiger partial charge in [0.1, 0.15) is 0 Å². The van der Waals surface area contributed by atoms with Gasteiger partial charge in [-0.05, 0) is 51.9 Å². The van der Waals surface area contributed by atoms with Crippen LogP contribution in [-0.4, -0.2) is 56.1 Å². The van der Waals surface area contributed by atoms with E-state index < -0.39 is 0 Å². The quantitative estimate of drug-likeness (QED) is 0.741. The van der Waals surface area contributed by atoms with E-state index in [1.54, 1.807) is 0 Å². The molecule has 1 aliphatic rings. The minimum atomic E-state index is 0.655. The molecule has 1 heterocycles. The summed E-state index contributed by atoms with van der Waals surface area (Å²) in [5, 5.41) is 0. The highest BCUT2D eigenvalue weighted by Gasteiger charge is 2.27. The summed E-state index contributed by atoms with van der Waals surface area (Å²) >= 11 is 0. The molecule has 0 aliphatic carbocycles. The van der Waals surface area contributed by atoms with Gasteiger partial charge in [0, 0.05) is 19.1 Å². The van der Waals surface area contributed by atoms with Crippen LogP contribution in [0.3, 0.4) is 0 Å². The van der Waals surface area contributed by atoms with E-state index in [9.17, 15) is 0 Å². The Hall–Kier alpha value is -0.120. The summed E-state index contributed by atoms with van der Waals surface area (Å²) in [6, 6.07) is 0.753. The Bertz CT molecular complexity index is 192. The van der Waals surface area contributed by atoms with Crippen LogP contribution in [0.5, 0.6) is 0 Å². The molecule has 2 unspecified atom stereocenters. The standard InChI is InChI=1S/C13H29N3/c1-11(2)12(8-14)9-16-7-5-6-13(16)10-15(3)4/h11-13H,5-10,14H2,1-4H3. The SMILES string of the molecule is CC(C)C(CN)CN1CCCC1CN(C)C. The van der Waals surface area contributed by atoms with Gasteiger partial charge in [-0.2, -0.15) is 0 Å². The van der Waals surface area contributed by atoms with Gasteiger partial charge in [0.25, 0.3) is 0 Å². The monoisotopic (exact) mass is 227 g/mol. The summed E-state index contributed by atoms with van der Waals surface area (Å²) < 4.78 is 0. The molecule has 1 aliphatic heterocycles. The van der Waals surface area contributed by atoms with Crippen molar-refractivity contribution in [2.24, 2.45) is 17.6 Å². The van der Waals surface area contributed by atoms with Crippen LogP contribution in [0, 0.1) is 11.8 Å². The Balaban J connectivity index is 2.45. The van der Waals surface area contributed by atoms with Crippen molar-refractivity contribution in [3.63, 3.8) is 0 Å². The number of nitrogens with zero attached hydrogens (tertiary/aromatic N) is 2. The van der Waals surface area contributed by atoms with Crippen molar-refractivity contribution in [1.29, 1.82) is 0 Å². The largest absolute Gasteiger partial charge is 0.330 e. The first-order valence-electron chi connectivity index (χ1n) is 6.63. The zero-order valence-corrected chi connectivity index (χ0v) is 11.4. The molecule has 1 fully saturated rings. The van der Waals surface area contributed by atoms with Gasteiger partial charge in [0.2, 0.25) is 0 Å². The third-order valence-electron chi connectivity index (χ3n) is 3.79. The average Bonchev–Trinajstić information content (AvgIpc) is 2.60. The molecule has 0 aromatic carbocycles. The number of nitrogens with two attached hydrogens (primary N) is 1.